The summed E-state index contributed by atoms with van der Waals surface area (Å²) in [5.41, 5.74) is 2.44. The van der Waals surface area contributed by atoms with Crippen LogP contribution in [0.25, 0.3) is 0 Å². The highest BCUT2D eigenvalue weighted by molar-refractivity contribution is 6.42. The van der Waals surface area contributed by atoms with Crippen LogP contribution in [0, 0.1) is 12.8 Å². The van der Waals surface area contributed by atoms with Crippen LogP contribution in [0.2, 0.25) is 10.0 Å². The van der Waals surface area contributed by atoms with Crippen LogP contribution in [0.1, 0.15) is 28.8 Å². The number of anilines is 1. The summed E-state index contributed by atoms with van der Waals surface area (Å²) in [6.45, 7) is 3.14. The molecule has 136 valence electrons. The fourth-order valence-electron chi connectivity index (χ4n) is 3.04. The maximum atomic E-state index is 12.5. The van der Waals surface area contributed by atoms with Crippen LogP contribution in [-0.2, 0) is 4.79 Å². The van der Waals surface area contributed by atoms with Gasteiger partial charge in [0, 0.05) is 30.3 Å². The number of hydrogen-bond acceptors (Lipinski definition) is 2. The Morgan fingerprint density at radius 2 is 1.65 bits per heavy atom. The first-order valence-electron chi connectivity index (χ1n) is 8.56. The molecule has 4 nitrogen and oxygen atoms in total. The molecule has 0 radical (unpaired) electrons. The molecule has 1 fully saturated rings. The van der Waals surface area contributed by atoms with E-state index in [0.29, 0.717) is 47.2 Å². The van der Waals surface area contributed by atoms with Crippen molar-refractivity contribution < 1.29 is 9.59 Å². The van der Waals surface area contributed by atoms with E-state index in [1.54, 1.807) is 18.2 Å². The van der Waals surface area contributed by atoms with Gasteiger partial charge in [-0.1, -0.05) is 40.9 Å². The van der Waals surface area contributed by atoms with E-state index >= 15 is 0 Å². The molecule has 0 unspecified atom stereocenters. The molecule has 0 atom stereocenters. The molecule has 2 aromatic carbocycles. The number of likely N-dealkylation sites (tertiary alicyclic amines) is 1. The van der Waals surface area contributed by atoms with Crippen molar-refractivity contribution in [3.8, 4) is 0 Å². The van der Waals surface area contributed by atoms with Gasteiger partial charge < -0.3 is 10.2 Å². The Morgan fingerprint density at radius 1 is 1.00 bits per heavy atom. The van der Waals surface area contributed by atoms with Crippen LogP contribution < -0.4 is 5.32 Å². The van der Waals surface area contributed by atoms with Gasteiger partial charge in [-0.25, -0.2) is 0 Å². The summed E-state index contributed by atoms with van der Waals surface area (Å²) in [6, 6.07) is 12.6. The van der Waals surface area contributed by atoms with E-state index in [4.69, 9.17) is 23.2 Å². The van der Waals surface area contributed by atoms with Crippen LogP contribution in [0.3, 0.4) is 0 Å². The van der Waals surface area contributed by atoms with E-state index in [0.717, 1.165) is 5.56 Å². The molecule has 0 saturated carbocycles. The third-order valence-corrected chi connectivity index (χ3v) is 5.38. The first-order valence-corrected chi connectivity index (χ1v) is 9.31. The second-order valence-corrected chi connectivity index (χ2v) is 7.37. The average molecular weight is 391 g/mol. The Morgan fingerprint density at radius 3 is 2.27 bits per heavy atom. The molecule has 2 amide bonds. The molecule has 1 N–H and O–H groups in total. The van der Waals surface area contributed by atoms with Crippen molar-refractivity contribution in [1.82, 2.24) is 4.90 Å². The summed E-state index contributed by atoms with van der Waals surface area (Å²) >= 11 is 11.9. The number of rotatable bonds is 3. The van der Waals surface area contributed by atoms with Crippen molar-refractivity contribution in [3.63, 3.8) is 0 Å². The molecular formula is C20H20Cl2N2O2. The van der Waals surface area contributed by atoms with E-state index in [-0.39, 0.29) is 17.7 Å². The molecule has 6 heteroatoms. The lowest BCUT2D eigenvalue weighted by Gasteiger charge is -2.31. The Bertz CT molecular complexity index is 813. The number of carbonyl (C=O) groups is 2. The number of carbonyl (C=O) groups excluding carboxylic acids is 2. The van der Waals surface area contributed by atoms with Crippen molar-refractivity contribution in [3.05, 3.63) is 63.6 Å². The van der Waals surface area contributed by atoms with Crippen molar-refractivity contribution in [1.29, 1.82) is 0 Å². The van der Waals surface area contributed by atoms with Crippen LogP contribution in [0.4, 0.5) is 5.69 Å². The Kier molecular flexibility index (Phi) is 5.84. The van der Waals surface area contributed by atoms with Crippen LogP contribution in [0.5, 0.6) is 0 Å². The highest BCUT2D eigenvalue weighted by Gasteiger charge is 2.27. The van der Waals surface area contributed by atoms with E-state index in [1.165, 1.54) is 0 Å². The fraction of sp³-hybridized carbons (Fsp3) is 0.300. The van der Waals surface area contributed by atoms with Crippen LogP contribution in [0.15, 0.2) is 42.5 Å². The number of hydrogen-bond donors (Lipinski definition) is 1. The van der Waals surface area contributed by atoms with Gasteiger partial charge >= 0.3 is 0 Å². The lowest BCUT2D eigenvalue weighted by atomic mass is 9.95. The van der Waals surface area contributed by atoms with Gasteiger partial charge in [0.15, 0.2) is 0 Å². The van der Waals surface area contributed by atoms with Crippen LogP contribution >= 0.6 is 23.2 Å². The van der Waals surface area contributed by atoms with Gasteiger partial charge in [-0.2, -0.15) is 0 Å². The molecular weight excluding hydrogens is 371 g/mol. The highest BCUT2D eigenvalue weighted by Crippen LogP contribution is 2.26. The topological polar surface area (TPSA) is 49.4 Å². The minimum Gasteiger partial charge on any atom is -0.339 e. The Labute approximate surface area is 163 Å². The zero-order valence-electron chi connectivity index (χ0n) is 14.5. The fourth-order valence-corrected chi connectivity index (χ4v) is 3.34. The average Bonchev–Trinajstić information content (AvgIpc) is 2.65. The number of piperidine rings is 1. The molecule has 1 aliphatic heterocycles. The van der Waals surface area contributed by atoms with Gasteiger partial charge in [-0.05, 0) is 50.1 Å². The summed E-state index contributed by atoms with van der Waals surface area (Å²) in [5.74, 6) is -0.148. The van der Waals surface area contributed by atoms with E-state index in [9.17, 15) is 9.59 Å². The summed E-state index contributed by atoms with van der Waals surface area (Å²) in [5, 5.41) is 3.73. The molecule has 1 heterocycles. The highest BCUT2D eigenvalue weighted by atomic mass is 35.5. The standard InChI is InChI=1S/C20H20Cl2N2O2/c1-13-2-4-15(5-3-13)20(26)24-10-8-14(9-11-24)19(25)23-16-6-7-17(21)18(22)12-16/h2-7,12,14H,8-11H2,1H3,(H,23,25). The summed E-state index contributed by atoms with van der Waals surface area (Å²) in [6.07, 6.45) is 1.29. The summed E-state index contributed by atoms with van der Waals surface area (Å²) in [4.78, 5) is 26.8. The second kappa shape index (κ2) is 8.11. The maximum Gasteiger partial charge on any atom is 0.253 e. The van der Waals surface area contributed by atoms with E-state index < -0.39 is 0 Å². The van der Waals surface area contributed by atoms with Crippen molar-refractivity contribution in [2.45, 2.75) is 19.8 Å². The summed E-state index contributed by atoms with van der Waals surface area (Å²) in [7, 11) is 0. The van der Waals surface area contributed by atoms with Crippen molar-refractivity contribution in [2.24, 2.45) is 5.92 Å². The van der Waals surface area contributed by atoms with Crippen LogP contribution in [-0.4, -0.2) is 29.8 Å². The smallest absolute Gasteiger partial charge is 0.253 e. The number of benzene rings is 2. The van der Waals surface area contributed by atoms with Crippen molar-refractivity contribution in [2.75, 3.05) is 18.4 Å². The third kappa shape index (κ3) is 4.37. The van der Waals surface area contributed by atoms with Gasteiger partial charge in [0.2, 0.25) is 5.91 Å². The second-order valence-electron chi connectivity index (χ2n) is 6.55. The van der Waals surface area contributed by atoms with E-state index in [1.807, 2.05) is 36.1 Å². The Hall–Kier alpha value is -2.04. The Balaban J connectivity index is 1.55. The zero-order valence-corrected chi connectivity index (χ0v) is 16.0. The quantitative estimate of drug-likeness (QED) is 0.818. The zero-order chi connectivity index (χ0) is 18.7. The maximum absolute atomic E-state index is 12.5. The number of halogens is 2. The van der Waals surface area contributed by atoms with Gasteiger partial charge in [-0.3, -0.25) is 9.59 Å². The third-order valence-electron chi connectivity index (χ3n) is 4.64. The molecule has 1 aliphatic rings. The summed E-state index contributed by atoms with van der Waals surface area (Å²) < 4.78 is 0. The molecule has 2 aromatic rings. The number of amides is 2. The minimum absolute atomic E-state index is 0.0216. The monoisotopic (exact) mass is 390 g/mol. The lowest BCUT2D eigenvalue weighted by Crippen LogP contribution is -2.41. The van der Waals surface area contributed by atoms with Gasteiger partial charge in [0.05, 0.1) is 10.0 Å². The van der Waals surface area contributed by atoms with E-state index in [2.05, 4.69) is 5.32 Å². The molecule has 0 spiro atoms. The number of aryl methyl sites for hydroxylation is 1. The van der Waals surface area contributed by atoms with Gasteiger partial charge in [0.25, 0.3) is 5.91 Å². The number of nitrogens with one attached hydrogen (secondary N) is 1. The molecule has 1 saturated heterocycles. The normalized spacial score (nSPS) is 15.0. The van der Waals surface area contributed by atoms with Gasteiger partial charge in [-0.15, -0.1) is 0 Å². The lowest BCUT2D eigenvalue weighted by molar-refractivity contribution is -0.121. The first-order chi connectivity index (χ1) is 12.4. The molecule has 0 aliphatic carbocycles. The molecule has 0 bridgehead atoms. The molecule has 0 aromatic heterocycles. The predicted molar refractivity (Wildman–Crippen MR) is 105 cm³/mol. The largest absolute Gasteiger partial charge is 0.339 e. The first kappa shape index (κ1) is 18.7. The van der Waals surface area contributed by atoms with Gasteiger partial charge in [0.1, 0.15) is 0 Å². The minimum atomic E-state index is -0.119. The number of nitrogens with zero attached hydrogens (tertiary/aromatic N) is 1. The SMILES string of the molecule is Cc1ccc(C(=O)N2CCC(C(=O)Nc3ccc(Cl)c(Cl)c3)CC2)cc1. The molecule has 3 rings (SSSR count). The molecule has 26 heavy (non-hydrogen) atoms. The van der Waals surface area contributed by atoms with Crippen molar-refractivity contribution >= 4 is 40.7 Å². The predicted octanol–water partition coefficient (Wildman–Crippen LogP) is 4.79.